The van der Waals surface area contributed by atoms with Crippen molar-refractivity contribution in [1.82, 2.24) is 4.90 Å². The summed E-state index contributed by atoms with van der Waals surface area (Å²) in [6.07, 6.45) is 6.04. The maximum absolute atomic E-state index is 11.5. The summed E-state index contributed by atoms with van der Waals surface area (Å²) in [7, 11) is -2.85. The number of aliphatic hydroxyl groups excluding tert-OH is 1. The van der Waals surface area contributed by atoms with Crippen LogP contribution in [0.1, 0.15) is 52.4 Å². The molecule has 1 fully saturated rings. The van der Waals surface area contributed by atoms with E-state index in [1.807, 2.05) is 6.92 Å². The number of aliphatic hydroxyl groups is 1. The molecule has 2 atom stereocenters. The van der Waals surface area contributed by atoms with Gasteiger partial charge in [0.2, 0.25) is 0 Å². The van der Waals surface area contributed by atoms with Gasteiger partial charge in [-0.15, -0.1) is 0 Å². The molecule has 19 heavy (non-hydrogen) atoms. The zero-order valence-electron chi connectivity index (χ0n) is 12.3. The Hall–Kier alpha value is -0.130. The lowest BCUT2D eigenvalue weighted by atomic mass is 10.0. The van der Waals surface area contributed by atoms with Crippen molar-refractivity contribution in [3.05, 3.63) is 0 Å². The molecule has 1 heterocycles. The molecule has 0 bridgehead atoms. The minimum absolute atomic E-state index is 0.240. The van der Waals surface area contributed by atoms with E-state index in [4.69, 9.17) is 0 Å². The van der Waals surface area contributed by atoms with Gasteiger partial charge in [0.05, 0.1) is 11.9 Å². The Kier molecular flexibility index (Phi) is 7.32. The van der Waals surface area contributed by atoms with Gasteiger partial charge in [-0.3, -0.25) is 0 Å². The second kappa shape index (κ2) is 8.22. The third-order valence-electron chi connectivity index (χ3n) is 3.95. The Balaban J connectivity index is 2.46. The van der Waals surface area contributed by atoms with Crippen LogP contribution in [0.5, 0.6) is 0 Å². The Bertz CT molecular complexity index is 341. The van der Waals surface area contributed by atoms with E-state index >= 15 is 0 Å². The molecule has 2 unspecified atom stereocenters. The van der Waals surface area contributed by atoms with Crippen molar-refractivity contribution in [1.29, 1.82) is 0 Å². The molecular weight excluding hydrogens is 262 g/mol. The van der Waals surface area contributed by atoms with Gasteiger partial charge in [0.25, 0.3) is 0 Å². The van der Waals surface area contributed by atoms with Gasteiger partial charge in [0, 0.05) is 11.8 Å². The Morgan fingerprint density at radius 1 is 1.32 bits per heavy atom. The fraction of sp³-hybridized carbons (Fsp3) is 1.00. The molecule has 0 amide bonds. The minimum atomic E-state index is -2.85. The largest absolute Gasteiger partial charge is 0.393 e. The molecule has 1 N–H and O–H groups in total. The average Bonchev–Trinajstić information content (AvgIpc) is 2.54. The monoisotopic (exact) mass is 291 g/mol. The summed E-state index contributed by atoms with van der Waals surface area (Å²) in [5.41, 5.74) is 0. The third-order valence-corrected chi connectivity index (χ3v) is 5.74. The third kappa shape index (κ3) is 6.72. The molecule has 0 saturated carbocycles. The van der Waals surface area contributed by atoms with Crippen LogP contribution in [0.25, 0.3) is 0 Å². The molecule has 0 radical (unpaired) electrons. The lowest BCUT2D eigenvalue weighted by Crippen LogP contribution is -2.38. The molecule has 1 rings (SSSR count). The topological polar surface area (TPSA) is 57.6 Å². The van der Waals surface area contributed by atoms with Gasteiger partial charge in [-0.25, -0.2) is 8.42 Å². The molecule has 0 aromatic carbocycles. The van der Waals surface area contributed by atoms with E-state index in [0.29, 0.717) is 18.2 Å². The summed E-state index contributed by atoms with van der Waals surface area (Å²) in [5.74, 6) is 0.533. The number of likely N-dealkylation sites (tertiary alicyclic amines) is 1. The first-order valence-electron chi connectivity index (χ1n) is 7.57. The maximum atomic E-state index is 11.5. The van der Waals surface area contributed by atoms with Crippen molar-refractivity contribution in [3.8, 4) is 0 Å². The van der Waals surface area contributed by atoms with Crippen molar-refractivity contribution < 1.29 is 13.5 Å². The molecular formula is C14H29NO3S. The molecule has 5 heteroatoms. The molecule has 0 spiro atoms. The van der Waals surface area contributed by atoms with Gasteiger partial charge in [0.15, 0.2) is 0 Å². The summed E-state index contributed by atoms with van der Waals surface area (Å²) in [6, 6.07) is 0.423. The van der Waals surface area contributed by atoms with Crippen molar-refractivity contribution >= 4 is 9.84 Å². The van der Waals surface area contributed by atoms with Crippen molar-refractivity contribution in [3.63, 3.8) is 0 Å². The summed E-state index contributed by atoms with van der Waals surface area (Å²) in [5, 5.41) is 9.58. The highest BCUT2D eigenvalue weighted by molar-refractivity contribution is 7.91. The van der Waals surface area contributed by atoms with Crippen LogP contribution >= 0.6 is 0 Å². The van der Waals surface area contributed by atoms with Crippen LogP contribution in [0.15, 0.2) is 0 Å². The van der Waals surface area contributed by atoms with Gasteiger partial charge in [-0.2, -0.15) is 0 Å². The first-order chi connectivity index (χ1) is 8.94. The number of nitrogens with zero attached hydrogens (tertiary/aromatic N) is 1. The molecule has 1 saturated heterocycles. The van der Waals surface area contributed by atoms with Crippen molar-refractivity contribution in [2.45, 2.75) is 64.5 Å². The van der Waals surface area contributed by atoms with Crippen LogP contribution in [0.4, 0.5) is 0 Å². The molecule has 4 nitrogen and oxygen atoms in total. The number of rotatable bonds is 7. The highest BCUT2D eigenvalue weighted by atomic mass is 32.2. The van der Waals surface area contributed by atoms with Crippen molar-refractivity contribution in [2.24, 2.45) is 0 Å². The molecule has 0 aromatic rings. The van der Waals surface area contributed by atoms with Gasteiger partial charge < -0.3 is 10.0 Å². The van der Waals surface area contributed by atoms with E-state index in [-0.39, 0.29) is 11.9 Å². The van der Waals surface area contributed by atoms with Crippen LogP contribution in [-0.4, -0.2) is 55.2 Å². The fourth-order valence-corrected chi connectivity index (χ4v) is 3.68. The van der Waals surface area contributed by atoms with E-state index in [0.717, 1.165) is 25.9 Å². The highest BCUT2D eigenvalue weighted by Gasteiger charge is 2.22. The molecule has 1 aliphatic heterocycles. The zero-order valence-corrected chi connectivity index (χ0v) is 13.2. The fourth-order valence-electron chi connectivity index (χ4n) is 2.82. The second-order valence-electron chi connectivity index (χ2n) is 5.71. The van der Waals surface area contributed by atoms with Crippen LogP contribution in [0.2, 0.25) is 0 Å². The second-order valence-corrected chi connectivity index (χ2v) is 8.19. The normalized spacial score (nSPS) is 24.1. The Morgan fingerprint density at radius 2 is 2.05 bits per heavy atom. The zero-order chi connectivity index (χ0) is 14.3. The van der Waals surface area contributed by atoms with E-state index in [1.54, 1.807) is 6.92 Å². The standard InChI is InChI=1S/C14H29NO3S/c1-3-19(17,18)11-7-10-15-9-6-4-5-8-14(15)12-13(2)16/h13-14,16H,3-12H2,1-2H3. The Labute approximate surface area is 118 Å². The number of hydrogen-bond donors (Lipinski definition) is 1. The van der Waals surface area contributed by atoms with Gasteiger partial charge >= 0.3 is 0 Å². The van der Waals surface area contributed by atoms with Crippen LogP contribution in [0, 0.1) is 0 Å². The molecule has 0 aliphatic carbocycles. The van der Waals surface area contributed by atoms with E-state index in [9.17, 15) is 13.5 Å². The molecule has 1 aliphatic rings. The maximum Gasteiger partial charge on any atom is 0.150 e. The Morgan fingerprint density at radius 3 is 2.68 bits per heavy atom. The van der Waals surface area contributed by atoms with E-state index < -0.39 is 9.84 Å². The summed E-state index contributed by atoms with van der Waals surface area (Å²) < 4.78 is 23.0. The average molecular weight is 291 g/mol. The van der Waals surface area contributed by atoms with Gasteiger partial charge in [-0.1, -0.05) is 19.8 Å². The number of hydrogen-bond acceptors (Lipinski definition) is 4. The predicted molar refractivity (Wildman–Crippen MR) is 79.1 cm³/mol. The summed E-state index contributed by atoms with van der Waals surface area (Å²) in [4.78, 5) is 2.39. The van der Waals surface area contributed by atoms with E-state index in [2.05, 4.69) is 4.90 Å². The van der Waals surface area contributed by atoms with Crippen LogP contribution < -0.4 is 0 Å². The first kappa shape index (κ1) is 16.9. The van der Waals surface area contributed by atoms with Crippen LogP contribution in [0.3, 0.4) is 0 Å². The van der Waals surface area contributed by atoms with Gasteiger partial charge in [-0.05, 0) is 45.7 Å². The smallest absolute Gasteiger partial charge is 0.150 e. The quantitative estimate of drug-likeness (QED) is 0.777. The van der Waals surface area contributed by atoms with E-state index in [1.165, 1.54) is 19.3 Å². The van der Waals surface area contributed by atoms with Crippen LogP contribution in [-0.2, 0) is 9.84 Å². The summed E-state index contributed by atoms with van der Waals surface area (Å²) >= 11 is 0. The summed E-state index contributed by atoms with van der Waals surface area (Å²) in [6.45, 7) is 5.43. The first-order valence-corrected chi connectivity index (χ1v) is 9.39. The molecule has 0 aromatic heterocycles. The number of sulfone groups is 1. The lowest BCUT2D eigenvalue weighted by molar-refractivity contribution is 0.112. The SMILES string of the molecule is CCS(=O)(=O)CCCN1CCCCCC1CC(C)O. The van der Waals surface area contributed by atoms with Crippen molar-refractivity contribution in [2.75, 3.05) is 24.6 Å². The highest BCUT2D eigenvalue weighted by Crippen LogP contribution is 2.20. The predicted octanol–water partition coefficient (Wildman–Crippen LogP) is 1.83. The molecule has 114 valence electrons. The lowest BCUT2D eigenvalue weighted by Gasteiger charge is -2.30. The van der Waals surface area contributed by atoms with Gasteiger partial charge in [0.1, 0.15) is 9.84 Å². The minimum Gasteiger partial charge on any atom is -0.393 e.